The number of hydrogen-bond acceptors (Lipinski definition) is 4. The first-order valence-corrected chi connectivity index (χ1v) is 7.42. The summed E-state index contributed by atoms with van der Waals surface area (Å²) >= 11 is 0. The number of likely N-dealkylation sites (N-methyl/N-ethyl adjacent to an activating group) is 1. The van der Waals surface area contributed by atoms with Gasteiger partial charge in [0.25, 0.3) is 5.91 Å². The smallest absolute Gasteiger partial charge is 0.326 e. The summed E-state index contributed by atoms with van der Waals surface area (Å²) in [4.78, 5) is 24.0. The van der Waals surface area contributed by atoms with Gasteiger partial charge in [-0.3, -0.25) is 4.79 Å². The van der Waals surface area contributed by atoms with Gasteiger partial charge in [-0.15, -0.1) is 0 Å². The van der Waals surface area contributed by atoms with Gasteiger partial charge in [0.05, 0.1) is 5.75 Å². The van der Waals surface area contributed by atoms with Gasteiger partial charge >= 0.3 is 5.97 Å². The highest BCUT2D eigenvalue weighted by atomic mass is 32.2. The number of carbonyl (C=O) groups excluding carboxylic acids is 1. The van der Waals surface area contributed by atoms with E-state index in [-0.39, 0.29) is 11.3 Å². The number of carbonyl (C=O) groups is 2. The molecule has 0 aromatic heterocycles. The molecule has 1 unspecified atom stereocenters. The molecule has 0 fully saturated rings. The number of rotatable bonds is 5. The van der Waals surface area contributed by atoms with E-state index in [2.05, 4.69) is 0 Å². The third-order valence-corrected chi connectivity index (χ3v) is 3.54. The largest absolute Gasteiger partial charge is 0.480 e. The molecule has 0 aliphatic carbocycles. The zero-order valence-electron chi connectivity index (χ0n) is 11.1. The van der Waals surface area contributed by atoms with Crippen molar-refractivity contribution in [3.63, 3.8) is 0 Å². The Morgan fingerprint density at radius 3 is 2.50 bits per heavy atom. The van der Waals surface area contributed by atoms with E-state index in [9.17, 15) is 18.0 Å². The van der Waals surface area contributed by atoms with E-state index in [1.807, 2.05) is 0 Å². The lowest BCUT2D eigenvalue weighted by atomic mass is 10.1. The fourth-order valence-corrected chi connectivity index (χ4v) is 2.22. The predicted molar refractivity (Wildman–Crippen MR) is 72.4 cm³/mol. The zero-order chi connectivity index (χ0) is 15.5. The number of primary sulfonamides is 1. The molecule has 0 aliphatic rings. The second-order valence-electron chi connectivity index (χ2n) is 4.44. The Kier molecular flexibility index (Phi) is 4.85. The molecular formula is C12H16N2O5S. The van der Waals surface area contributed by atoms with Crippen molar-refractivity contribution in [2.45, 2.75) is 18.7 Å². The fourth-order valence-electron chi connectivity index (χ4n) is 1.57. The first-order chi connectivity index (χ1) is 9.11. The average Bonchev–Trinajstić information content (AvgIpc) is 2.34. The van der Waals surface area contributed by atoms with Crippen LogP contribution in [0, 0.1) is 0 Å². The molecule has 7 nitrogen and oxygen atoms in total. The second kappa shape index (κ2) is 6.02. The number of nitrogens with zero attached hydrogens (tertiary/aromatic N) is 1. The number of aliphatic carboxylic acids is 1. The summed E-state index contributed by atoms with van der Waals surface area (Å²) in [7, 11) is -2.32. The number of carboxylic acid groups (broad SMARTS) is 1. The van der Waals surface area contributed by atoms with Crippen molar-refractivity contribution in [3.05, 3.63) is 35.4 Å². The Balaban J connectivity index is 3.00. The van der Waals surface area contributed by atoms with Crippen LogP contribution in [0.4, 0.5) is 0 Å². The number of amides is 1. The van der Waals surface area contributed by atoms with Gasteiger partial charge < -0.3 is 10.0 Å². The Bertz CT molecular complexity index is 626. The van der Waals surface area contributed by atoms with Crippen LogP contribution in [-0.4, -0.2) is 43.4 Å². The molecule has 0 spiro atoms. The summed E-state index contributed by atoms with van der Waals surface area (Å²) in [6.07, 6.45) is 0. The van der Waals surface area contributed by atoms with Crippen molar-refractivity contribution in [2.75, 3.05) is 7.05 Å². The van der Waals surface area contributed by atoms with Gasteiger partial charge in [-0.25, -0.2) is 18.4 Å². The van der Waals surface area contributed by atoms with E-state index in [4.69, 9.17) is 10.2 Å². The number of hydrogen-bond donors (Lipinski definition) is 2. The molecular weight excluding hydrogens is 284 g/mol. The van der Waals surface area contributed by atoms with Gasteiger partial charge in [0.1, 0.15) is 6.04 Å². The maximum atomic E-state index is 12.1. The lowest BCUT2D eigenvalue weighted by Crippen LogP contribution is -2.40. The lowest BCUT2D eigenvalue weighted by molar-refractivity contribution is -0.141. The topological polar surface area (TPSA) is 118 Å². The minimum Gasteiger partial charge on any atom is -0.480 e. The summed E-state index contributed by atoms with van der Waals surface area (Å²) in [5.41, 5.74) is 0.580. The van der Waals surface area contributed by atoms with Crippen LogP contribution in [0.15, 0.2) is 24.3 Å². The zero-order valence-corrected chi connectivity index (χ0v) is 11.9. The highest BCUT2D eigenvalue weighted by molar-refractivity contribution is 7.88. The molecule has 0 heterocycles. The molecule has 1 rings (SSSR count). The summed E-state index contributed by atoms with van der Waals surface area (Å²) in [5, 5.41) is 13.8. The lowest BCUT2D eigenvalue weighted by Gasteiger charge is -2.21. The maximum absolute atomic E-state index is 12.1. The van der Waals surface area contributed by atoms with Crippen LogP contribution in [0.5, 0.6) is 0 Å². The molecule has 110 valence electrons. The molecule has 0 radical (unpaired) electrons. The van der Waals surface area contributed by atoms with Gasteiger partial charge in [-0.2, -0.15) is 0 Å². The van der Waals surface area contributed by atoms with Gasteiger partial charge in [-0.1, -0.05) is 12.1 Å². The highest BCUT2D eigenvalue weighted by Crippen LogP contribution is 2.11. The molecule has 0 aliphatic heterocycles. The molecule has 0 bridgehead atoms. The van der Waals surface area contributed by atoms with Crippen molar-refractivity contribution >= 4 is 21.9 Å². The Labute approximate surface area is 117 Å². The highest BCUT2D eigenvalue weighted by Gasteiger charge is 2.23. The third-order valence-electron chi connectivity index (χ3n) is 2.80. The quantitative estimate of drug-likeness (QED) is 0.794. The predicted octanol–water partition coefficient (Wildman–Crippen LogP) is 0.0202. The number of carboxylic acids is 1. The molecule has 1 amide bonds. The van der Waals surface area contributed by atoms with E-state index in [1.165, 1.54) is 38.2 Å². The molecule has 0 saturated carbocycles. The van der Waals surface area contributed by atoms with Gasteiger partial charge in [-0.05, 0) is 24.6 Å². The Hall–Kier alpha value is -1.93. The summed E-state index contributed by atoms with van der Waals surface area (Å²) in [6, 6.07) is 4.94. The van der Waals surface area contributed by atoms with Gasteiger partial charge in [0.15, 0.2) is 0 Å². The summed E-state index contributed by atoms with van der Waals surface area (Å²) in [5.74, 6) is -2.01. The molecule has 1 aromatic carbocycles. The molecule has 1 aromatic rings. The van der Waals surface area contributed by atoms with Crippen LogP contribution in [0.1, 0.15) is 22.8 Å². The molecule has 8 heteroatoms. The van der Waals surface area contributed by atoms with E-state index >= 15 is 0 Å². The van der Waals surface area contributed by atoms with E-state index in [0.717, 1.165) is 4.90 Å². The van der Waals surface area contributed by atoms with Crippen molar-refractivity contribution in [3.8, 4) is 0 Å². The third kappa shape index (κ3) is 4.32. The number of nitrogens with two attached hydrogens (primary N) is 1. The Morgan fingerprint density at radius 2 is 2.00 bits per heavy atom. The first-order valence-electron chi connectivity index (χ1n) is 5.71. The average molecular weight is 300 g/mol. The van der Waals surface area contributed by atoms with Gasteiger partial charge in [0.2, 0.25) is 10.0 Å². The van der Waals surface area contributed by atoms with Crippen LogP contribution < -0.4 is 5.14 Å². The minimum atomic E-state index is -3.69. The van der Waals surface area contributed by atoms with E-state index < -0.39 is 27.9 Å². The molecule has 1 atom stereocenters. The van der Waals surface area contributed by atoms with Crippen molar-refractivity contribution in [2.24, 2.45) is 5.14 Å². The molecule has 20 heavy (non-hydrogen) atoms. The van der Waals surface area contributed by atoms with E-state index in [0.29, 0.717) is 5.56 Å². The van der Waals surface area contributed by atoms with E-state index in [1.54, 1.807) is 0 Å². The molecule has 0 saturated heterocycles. The summed E-state index contributed by atoms with van der Waals surface area (Å²) < 4.78 is 22.0. The monoisotopic (exact) mass is 300 g/mol. The van der Waals surface area contributed by atoms with Crippen LogP contribution in [0.2, 0.25) is 0 Å². The minimum absolute atomic E-state index is 0.210. The number of benzene rings is 1. The van der Waals surface area contributed by atoms with Crippen molar-refractivity contribution < 1.29 is 23.1 Å². The first kappa shape index (κ1) is 16.1. The second-order valence-corrected chi connectivity index (χ2v) is 6.05. The fraction of sp³-hybridized carbons (Fsp3) is 0.333. The summed E-state index contributed by atoms with van der Waals surface area (Å²) in [6.45, 7) is 1.38. The number of sulfonamides is 1. The van der Waals surface area contributed by atoms with Crippen molar-refractivity contribution in [1.82, 2.24) is 4.90 Å². The van der Waals surface area contributed by atoms with Crippen LogP contribution in [0.3, 0.4) is 0 Å². The maximum Gasteiger partial charge on any atom is 0.326 e. The van der Waals surface area contributed by atoms with Crippen molar-refractivity contribution in [1.29, 1.82) is 0 Å². The van der Waals surface area contributed by atoms with Crippen LogP contribution in [-0.2, 0) is 20.6 Å². The SMILES string of the molecule is CC(C(=O)O)N(C)C(=O)c1cccc(CS(N)(=O)=O)c1. The van der Waals surface area contributed by atoms with Gasteiger partial charge in [0, 0.05) is 12.6 Å². The standard InChI is InChI=1S/C12H16N2O5S/c1-8(12(16)17)14(2)11(15)10-5-3-4-9(6-10)7-20(13,18)19/h3-6,8H,7H2,1-2H3,(H,16,17)(H2,13,18,19). The normalized spacial score (nSPS) is 12.8. The Morgan fingerprint density at radius 1 is 1.40 bits per heavy atom. The van der Waals surface area contributed by atoms with Crippen LogP contribution in [0.25, 0.3) is 0 Å². The van der Waals surface area contributed by atoms with Crippen LogP contribution >= 0.6 is 0 Å². The molecule has 3 N–H and O–H groups in total.